The second kappa shape index (κ2) is 10.0. The van der Waals surface area contributed by atoms with Gasteiger partial charge in [0, 0.05) is 0 Å². The highest BCUT2D eigenvalue weighted by Crippen LogP contribution is 2.31. The van der Waals surface area contributed by atoms with E-state index in [9.17, 15) is 9.59 Å². The van der Waals surface area contributed by atoms with Crippen LogP contribution in [0.5, 0.6) is 0 Å². The topological polar surface area (TPSA) is 52.6 Å². The van der Waals surface area contributed by atoms with Crippen molar-refractivity contribution >= 4 is 11.9 Å². The van der Waals surface area contributed by atoms with Gasteiger partial charge in [-0.05, 0) is 50.4 Å². The van der Waals surface area contributed by atoms with Gasteiger partial charge in [0.1, 0.15) is 0 Å². The lowest BCUT2D eigenvalue weighted by Crippen LogP contribution is -2.28. The molecule has 0 amide bonds. The summed E-state index contributed by atoms with van der Waals surface area (Å²) in [5.41, 5.74) is 0. The molecular formula is C20H34O4. The molecule has 4 atom stereocenters. The molecule has 4 heteroatoms. The Morgan fingerprint density at radius 1 is 0.708 bits per heavy atom. The average molecular weight is 338 g/mol. The summed E-state index contributed by atoms with van der Waals surface area (Å²) >= 11 is 0. The van der Waals surface area contributed by atoms with Gasteiger partial charge in [-0.3, -0.25) is 9.59 Å². The molecule has 4 nitrogen and oxygen atoms in total. The molecule has 2 aliphatic carbocycles. The second-order valence-corrected chi connectivity index (χ2v) is 7.78. The summed E-state index contributed by atoms with van der Waals surface area (Å²) in [6, 6.07) is 0. The van der Waals surface area contributed by atoms with Gasteiger partial charge < -0.3 is 9.47 Å². The zero-order chi connectivity index (χ0) is 17.4. The molecule has 4 unspecified atom stereocenters. The van der Waals surface area contributed by atoms with Gasteiger partial charge in [0.25, 0.3) is 0 Å². The smallest absolute Gasteiger partial charge is 0.309 e. The third-order valence-corrected chi connectivity index (χ3v) is 5.86. The van der Waals surface area contributed by atoms with Crippen molar-refractivity contribution < 1.29 is 19.1 Å². The molecule has 24 heavy (non-hydrogen) atoms. The molecule has 0 spiro atoms. The average Bonchev–Trinajstić information content (AvgIpc) is 2.58. The molecule has 0 heterocycles. The molecule has 138 valence electrons. The van der Waals surface area contributed by atoms with Crippen LogP contribution in [0.4, 0.5) is 0 Å². The maximum Gasteiger partial charge on any atom is 0.309 e. The van der Waals surface area contributed by atoms with E-state index in [2.05, 4.69) is 13.8 Å². The highest BCUT2D eigenvalue weighted by atomic mass is 16.5. The summed E-state index contributed by atoms with van der Waals surface area (Å²) in [5, 5.41) is 0. The van der Waals surface area contributed by atoms with Gasteiger partial charge in [0.05, 0.1) is 25.0 Å². The highest BCUT2D eigenvalue weighted by Gasteiger charge is 2.29. The van der Waals surface area contributed by atoms with Gasteiger partial charge >= 0.3 is 11.9 Å². The minimum atomic E-state index is -0.0322. The molecule has 0 radical (unpaired) electrons. The molecule has 2 aliphatic rings. The van der Waals surface area contributed by atoms with Gasteiger partial charge in [0.2, 0.25) is 0 Å². The van der Waals surface area contributed by atoms with Crippen molar-refractivity contribution in [2.75, 3.05) is 13.2 Å². The first kappa shape index (κ1) is 19.3. The number of unbranched alkanes of at least 4 members (excludes halogenated alkanes) is 1. The largest absolute Gasteiger partial charge is 0.465 e. The molecule has 0 aromatic rings. The Morgan fingerprint density at radius 2 is 1.08 bits per heavy atom. The van der Waals surface area contributed by atoms with Gasteiger partial charge in [-0.1, -0.05) is 39.5 Å². The van der Waals surface area contributed by atoms with Crippen LogP contribution in [0.2, 0.25) is 0 Å². The maximum atomic E-state index is 12.1. The summed E-state index contributed by atoms with van der Waals surface area (Å²) in [4.78, 5) is 24.2. The number of hydrogen-bond donors (Lipinski definition) is 0. The Kier molecular flexibility index (Phi) is 8.07. The number of carbonyl (C=O) groups is 2. The van der Waals surface area contributed by atoms with Crippen molar-refractivity contribution in [2.24, 2.45) is 23.7 Å². The van der Waals surface area contributed by atoms with E-state index in [1.54, 1.807) is 0 Å². The summed E-state index contributed by atoms with van der Waals surface area (Å²) in [6.45, 7) is 5.19. The van der Waals surface area contributed by atoms with Gasteiger partial charge in [-0.15, -0.1) is 0 Å². The standard InChI is InChI=1S/C20H34O4/c1-15-9-3-5-11-17(15)19(21)23-13-7-8-14-24-20(22)18-12-6-4-10-16(18)2/h15-18H,3-14H2,1-2H3. The molecule has 0 aromatic heterocycles. The van der Waals surface area contributed by atoms with Crippen molar-refractivity contribution in [3.05, 3.63) is 0 Å². The van der Waals surface area contributed by atoms with E-state index in [0.717, 1.165) is 51.4 Å². The molecule has 0 N–H and O–H groups in total. The maximum absolute atomic E-state index is 12.1. The lowest BCUT2D eigenvalue weighted by molar-refractivity contribution is -0.154. The molecule has 0 bridgehead atoms. The van der Waals surface area contributed by atoms with E-state index >= 15 is 0 Å². The van der Waals surface area contributed by atoms with E-state index in [4.69, 9.17) is 9.47 Å². The Balaban J connectivity index is 1.53. The Morgan fingerprint density at radius 3 is 1.46 bits per heavy atom. The first-order valence-corrected chi connectivity index (χ1v) is 9.93. The van der Waals surface area contributed by atoms with Crippen molar-refractivity contribution in [3.63, 3.8) is 0 Å². The van der Waals surface area contributed by atoms with E-state index in [1.165, 1.54) is 12.8 Å². The number of carbonyl (C=O) groups excluding carboxylic acids is 2. The summed E-state index contributed by atoms with van der Waals surface area (Å²) < 4.78 is 10.8. The lowest BCUT2D eigenvalue weighted by Gasteiger charge is -2.27. The van der Waals surface area contributed by atoms with Crippen LogP contribution in [-0.4, -0.2) is 25.2 Å². The predicted molar refractivity (Wildman–Crippen MR) is 93.4 cm³/mol. The van der Waals surface area contributed by atoms with Crippen LogP contribution >= 0.6 is 0 Å². The number of rotatable bonds is 7. The number of ether oxygens (including phenoxy) is 2. The van der Waals surface area contributed by atoms with Crippen LogP contribution < -0.4 is 0 Å². The third-order valence-electron chi connectivity index (χ3n) is 5.86. The minimum absolute atomic E-state index is 0.0322. The Bertz CT molecular complexity index is 368. The van der Waals surface area contributed by atoms with Crippen molar-refractivity contribution in [1.82, 2.24) is 0 Å². The fourth-order valence-corrected chi connectivity index (χ4v) is 4.10. The first-order valence-electron chi connectivity index (χ1n) is 9.93. The predicted octanol–water partition coefficient (Wildman–Crippen LogP) is 4.51. The molecule has 2 fully saturated rings. The van der Waals surface area contributed by atoms with E-state index in [0.29, 0.717) is 25.0 Å². The van der Waals surface area contributed by atoms with Crippen LogP contribution in [0.1, 0.15) is 78.1 Å². The van der Waals surface area contributed by atoms with E-state index < -0.39 is 0 Å². The van der Waals surface area contributed by atoms with Crippen LogP contribution in [0, 0.1) is 23.7 Å². The first-order chi connectivity index (χ1) is 11.6. The zero-order valence-corrected chi connectivity index (χ0v) is 15.4. The van der Waals surface area contributed by atoms with Gasteiger partial charge in [-0.25, -0.2) is 0 Å². The van der Waals surface area contributed by atoms with Crippen molar-refractivity contribution in [2.45, 2.75) is 78.1 Å². The van der Waals surface area contributed by atoms with E-state index in [-0.39, 0.29) is 23.8 Å². The van der Waals surface area contributed by atoms with Gasteiger partial charge in [-0.2, -0.15) is 0 Å². The van der Waals surface area contributed by atoms with Crippen molar-refractivity contribution in [3.8, 4) is 0 Å². The number of hydrogen-bond acceptors (Lipinski definition) is 4. The summed E-state index contributed by atoms with van der Waals surface area (Å²) in [6.07, 6.45) is 10.5. The number of esters is 2. The van der Waals surface area contributed by atoms with E-state index in [1.807, 2.05) is 0 Å². The fourth-order valence-electron chi connectivity index (χ4n) is 4.10. The summed E-state index contributed by atoms with van der Waals surface area (Å²) in [5.74, 6) is 1.01. The normalized spacial score (nSPS) is 30.6. The molecular weight excluding hydrogens is 304 g/mol. The molecule has 0 saturated heterocycles. The summed E-state index contributed by atoms with van der Waals surface area (Å²) in [7, 11) is 0. The van der Waals surface area contributed by atoms with Crippen LogP contribution in [0.25, 0.3) is 0 Å². The quantitative estimate of drug-likeness (QED) is 0.506. The fraction of sp³-hybridized carbons (Fsp3) is 0.900. The molecule has 2 rings (SSSR count). The Hall–Kier alpha value is -1.06. The van der Waals surface area contributed by atoms with Crippen molar-refractivity contribution in [1.29, 1.82) is 0 Å². The molecule has 0 aliphatic heterocycles. The van der Waals surface area contributed by atoms with Gasteiger partial charge in [0.15, 0.2) is 0 Å². The van der Waals surface area contributed by atoms with Crippen LogP contribution in [0.3, 0.4) is 0 Å². The monoisotopic (exact) mass is 338 g/mol. The van der Waals surface area contributed by atoms with Crippen LogP contribution in [0.15, 0.2) is 0 Å². The SMILES string of the molecule is CC1CCCCC1C(=O)OCCCCOC(=O)C1CCCCC1C. The lowest BCUT2D eigenvalue weighted by atomic mass is 9.80. The Labute approximate surface area is 146 Å². The second-order valence-electron chi connectivity index (χ2n) is 7.78. The zero-order valence-electron chi connectivity index (χ0n) is 15.4. The highest BCUT2D eigenvalue weighted by molar-refractivity contribution is 5.73. The molecule has 0 aromatic carbocycles. The van der Waals surface area contributed by atoms with Crippen LogP contribution in [-0.2, 0) is 19.1 Å². The molecule has 2 saturated carbocycles. The third kappa shape index (κ3) is 5.78. The minimum Gasteiger partial charge on any atom is -0.465 e.